The van der Waals surface area contributed by atoms with Gasteiger partial charge >= 0.3 is 0 Å². The molecule has 6 rings (SSSR count). The third-order valence-corrected chi connectivity index (χ3v) is 5.62. The first kappa shape index (κ1) is 15.5. The topological polar surface area (TPSA) is 67.2 Å². The molecule has 0 radical (unpaired) electrons. The maximum atomic E-state index is 6.02. The summed E-state index contributed by atoms with van der Waals surface area (Å²) in [6, 6.07) is 15.9. The normalized spacial score (nSPS) is 24.0. The van der Waals surface area contributed by atoms with E-state index in [1.165, 1.54) is 0 Å². The zero-order chi connectivity index (χ0) is 18.5. The molecule has 6 nitrogen and oxygen atoms in total. The second kappa shape index (κ2) is 5.99. The summed E-state index contributed by atoms with van der Waals surface area (Å²) in [5.74, 6) is 1.79. The fourth-order valence-electron chi connectivity index (χ4n) is 4.30. The van der Waals surface area contributed by atoms with Gasteiger partial charge in [-0.3, -0.25) is 9.98 Å². The van der Waals surface area contributed by atoms with Crippen LogP contribution in [0.4, 0.5) is 0 Å². The van der Waals surface area contributed by atoms with Gasteiger partial charge in [-0.25, -0.2) is 0 Å². The minimum atomic E-state index is -0.123. The molecule has 0 spiro atoms. The summed E-state index contributed by atoms with van der Waals surface area (Å²) < 4.78 is 12.0. The van der Waals surface area contributed by atoms with Gasteiger partial charge in [0.05, 0.1) is 24.1 Å². The van der Waals surface area contributed by atoms with Crippen molar-refractivity contribution in [3.05, 3.63) is 70.8 Å². The number of fused-ring (bicyclic) bond motifs is 4. The standard InChI is InChI=1S/C22H18N4O2/c1-3-7-17-13(5-1)19-15(9-27-17)21(25-11-23-19)22-16-10-28-18-8-4-2-6-14(18)20(16)24-12-26-22/h1-8,11-12,21-22H,9-10H2,(H,23,25)(H,24,26). The first-order chi connectivity index (χ1) is 13.9. The van der Waals surface area contributed by atoms with Crippen molar-refractivity contribution in [3.63, 3.8) is 0 Å². The van der Waals surface area contributed by atoms with E-state index in [0.717, 1.165) is 45.2 Å². The molecular formula is C22H18N4O2. The summed E-state index contributed by atoms with van der Waals surface area (Å²) >= 11 is 0. The minimum Gasteiger partial charge on any atom is -0.488 e. The van der Waals surface area contributed by atoms with Gasteiger partial charge in [-0.05, 0) is 24.3 Å². The largest absolute Gasteiger partial charge is 0.488 e. The van der Waals surface area contributed by atoms with Gasteiger partial charge in [0, 0.05) is 22.3 Å². The van der Waals surface area contributed by atoms with Crippen LogP contribution in [0.3, 0.4) is 0 Å². The van der Waals surface area contributed by atoms with Crippen LogP contribution >= 0.6 is 0 Å². The van der Waals surface area contributed by atoms with Crippen molar-refractivity contribution in [3.8, 4) is 11.5 Å². The van der Waals surface area contributed by atoms with E-state index in [4.69, 9.17) is 19.5 Å². The van der Waals surface area contributed by atoms with E-state index in [2.05, 4.69) is 22.8 Å². The Balaban J connectivity index is 1.45. The summed E-state index contributed by atoms with van der Waals surface area (Å²) in [7, 11) is 0. The van der Waals surface area contributed by atoms with Gasteiger partial charge in [-0.2, -0.15) is 0 Å². The molecule has 0 saturated heterocycles. The van der Waals surface area contributed by atoms with E-state index in [9.17, 15) is 0 Å². The lowest BCUT2D eigenvalue weighted by Gasteiger charge is -2.36. The first-order valence-electron chi connectivity index (χ1n) is 9.37. The van der Waals surface area contributed by atoms with E-state index in [1.807, 2.05) is 36.4 Å². The van der Waals surface area contributed by atoms with Gasteiger partial charge < -0.3 is 20.1 Å². The molecule has 0 aromatic heterocycles. The minimum absolute atomic E-state index is 0.123. The highest BCUT2D eigenvalue weighted by molar-refractivity contribution is 5.87. The Labute approximate surface area is 162 Å². The molecule has 2 N–H and O–H groups in total. The third-order valence-electron chi connectivity index (χ3n) is 5.62. The molecule has 2 aromatic rings. The quantitative estimate of drug-likeness (QED) is 0.810. The molecule has 2 unspecified atom stereocenters. The summed E-state index contributed by atoms with van der Waals surface area (Å²) in [6.07, 6.45) is 3.56. The van der Waals surface area contributed by atoms with Crippen molar-refractivity contribution in [1.29, 1.82) is 0 Å². The SMILES string of the molecule is C1=NC(C2N=CNC3=C2COc2ccccc23)C2=C(N1)c1ccccc1OC2. The van der Waals surface area contributed by atoms with Crippen LogP contribution in [0, 0.1) is 0 Å². The Morgan fingerprint density at radius 2 is 1.14 bits per heavy atom. The maximum Gasteiger partial charge on any atom is 0.129 e. The Kier molecular flexibility index (Phi) is 3.32. The maximum absolute atomic E-state index is 6.02. The van der Waals surface area contributed by atoms with Crippen molar-refractivity contribution in [1.82, 2.24) is 10.6 Å². The summed E-state index contributed by atoms with van der Waals surface area (Å²) in [5.41, 5.74) is 6.53. The van der Waals surface area contributed by atoms with Crippen LogP contribution < -0.4 is 20.1 Å². The molecule has 4 aliphatic heterocycles. The molecule has 2 atom stereocenters. The molecular weight excluding hydrogens is 352 g/mol. The lowest BCUT2D eigenvalue weighted by atomic mass is 9.86. The van der Waals surface area contributed by atoms with Crippen molar-refractivity contribution >= 4 is 24.1 Å². The molecule has 138 valence electrons. The molecule has 4 aliphatic rings. The number of nitrogens with one attached hydrogen (secondary N) is 2. The number of para-hydroxylation sites is 2. The Morgan fingerprint density at radius 3 is 1.64 bits per heavy atom. The van der Waals surface area contributed by atoms with Crippen molar-refractivity contribution in [2.24, 2.45) is 9.98 Å². The highest BCUT2D eigenvalue weighted by Gasteiger charge is 2.38. The van der Waals surface area contributed by atoms with Gasteiger partial charge in [0.15, 0.2) is 0 Å². The highest BCUT2D eigenvalue weighted by atomic mass is 16.5. The molecule has 0 saturated carbocycles. The third kappa shape index (κ3) is 2.21. The number of aliphatic imine (C=N–C) groups is 2. The predicted octanol–water partition coefficient (Wildman–Crippen LogP) is 2.59. The fraction of sp³-hybridized carbons (Fsp3) is 0.182. The number of rotatable bonds is 1. The molecule has 2 aromatic carbocycles. The van der Waals surface area contributed by atoms with Crippen LogP contribution in [0.1, 0.15) is 11.1 Å². The van der Waals surface area contributed by atoms with Gasteiger partial charge in [0.2, 0.25) is 0 Å². The second-order valence-corrected chi connectivity index (χ2v) is 7.10. The van der Waals surface area contributed by atoms with Crippen LogP contribution in [0.2, 0.25) is 0 Å². The predicted molar refractivity (Wildman–Crippen MR) is 109 cm³/mol. The van der Waals surface area contributed by atoms with Gasteiger partial charge in [0.1, 0.15) is 36.8 Å². The van der Waals surface area contributed by atoms with Crippen LogP contribution in [-0.2, 0) is 0 Å². The molecule has 28 heavy (non-hydrogen) atoms. The monoisotopic (exact) mass is 370 g/mol. The van der Waals surface area contributed by atoms with E-state index in [0.29, 0.717) is 13.2 Å². The highest BCUT2D eigenvalue weighted by Crippen LogP contribution is 2.40. The van der Waals surface area contributed by atoms with E-state index >= 15 is 0 Å². The van der Waals surface area contributed by atoms with Gasteiger partial charge in [0.25, 0.3) is 0 Å². The first-order valence-corrected chi connectivity index (χ1v) is 9.37. The van der Waals surface area contributed by atoms with E-state index in [-0.39, 0.29) is 12.1 Å². The average molecular weight is 370 g/mol. The lowest BCUT2D eigenvalue weighted by Crippen LogP contribution is -2.42. The molecule has 0 fully saturated rings. The van der Waals surface area contributed by atoms with Crippen LogP contribution in [-0.4, -0.2) is 38.0 Å². The molecule has 0 aliphatic carbocycles. The zero-order valence-electron chi connectivity index (χ0n) is 15.1. The van der Waals surface area contributed by atoms with Gasteiger partial charge in [-0.15, -0.1) is 0 Å². The van der Waals surface area contributed by atoms with Crippen molar-refractivity contribution in [2.75, 3.05) is 13.2 Å². The number of nitrogens with zero attached hydrogens (tertiary/aromatic N) is 2. The summed E-state index contributed by atoms with van der Waals surface area (Å²) in [5, 5.41) is 6.65. The summed E-state index contributed by atoms with van der Waals surface area (Å²) in [4.78, 5) is 9.50. The molecule has 4 heterocycles. The van der Waals surface area contributed by atoms with Crippen molar-refractivity contribution < 1.29 is 9.47 Å². The Bertz CT molecular complexity index is 1010. The number of benzene rings is 2. The van der Waals surface area contributed by atoms with E-state index < -0.39 is 0 Å². The van der Waals surface area contributed by atoms with E-state index in [1.54, 1.807) is 12.7 Å². The second-order valence-electron chi connectivity index (χ2n) is 7.10. The number of hydrogen-bond donors (Lipinski definition) is 2. The van der Waals surface area contributed by atoms with Crippen LogP contribution in [0.15, 0.2) is 69.7 Å². The fourth-order valence-corrected chi connectivity index (χ4v) is 4.30. The molecule has 0 bridgehead atoms. The van der Waals surface area contributed by atoms with Crippen molar-refractivity contribution in [2.45, 2.75) is 12.1 Å². The summed E-state index contributed by atoms with van der Waals surface area (Å²) in [6.45, 7) is 1.00. The Hall–Kier alpha value is -3.54. The lowest BCUT2D eigenvalue weighted by molar-refractivity contribution is 0.318. The molecule has 0 amide bonds. The Morgan fingerprint density at radius 1 is 0.679 bits per heavy atom. The van der Waals surface area contributed by atoms with Gasteiger partial charge in [-0.1, -0.05) is 24.3 Å². The zero-order valence-corrected chi connectivity index (χ0v) is 15.1. The molecule has 6 heteroatoms. The average Bonchev–Trinajstić information content (AvgIpc) is 2.78. The number of hydrogen-bond acceptors (Lipinski definition) is 6. The van der Waals surface area contributed by atoms with Crippen LogP contribution in [0.25, 0.3) is 11.4 Å². The van der Waals surface area contributed by atoms with Crippen LogP contribution in [0.5, 0.6) is 11.5 Å². The smallest absolute Gasteiger partial charge is 0.129 e. The number of ether oxygens (including phenoxy) is 2.